The summed E-state index contributed by atoms with van der Waals surface area (Å²) in [5.41, 5.74) is 9.67. The van der Waals surface area contributed by atoms with E-state index in [-0.39, 0.29) is 6.54 Å². The van der Waals surface area contributed by atoms with Gasteiger partial charge in [0, 0.05) is 60.5 Å². The highest BCUT2D eigenvalue weighted by atomic mass is 19.4. The molecule has 1 aromatic heterocycles. The molecule has 1 atom stereocenters. The summed E-state index contributed by atoms with van der Waals surface area (Å²) in [7, 11) is 0. The van der Waals surface area contributed by atoms with Crippen LogP contribution in [0.4, 0.5) is 24.8 Å². The SMILES string of the molecule is CCC1CCC2(CC1)CN(c1ncc(C3c4ccc(N)c(C=N)c4CCN3CC(F)(F)F)cn1)C2. The Morgan fingerprint density at radius 3 is 2.46 bits per heavy atom. The van der Waals surface area contributed by atoms with Crippen LogP contribution in [0, 0.1) is 16.7 Å². The lowest BCUT2D eigenvalue weighted by molar-refractivity contribution is -0.150. The van der Waals surface area contributed by atoms with E-state index < -0.39 is 18.8 Å². The molecule has 3 heterocycles. The molecule has 6 nitrogen and oxygen atoms in total. The maximum atomic E-state index is 13.4. The van der Waals surface area contributed by atoms with Crippen molar-refractivity contribution in [2.75, 3.05) is 36.8 Å². The second-order valence-electron chi connectivity index (χ2n) is 10.5. The zero-order valence-electron chi connectivity index (χ0n) is 20.1. The lowest BCUT2D eigenvalue weighted by atomic mass is 9.65. The fraction of sp³-hybridized carbons (Fsp3) is 0.577. The van der Waals surface area contributed by atoms with Crippen LogP contribution in [0.2, 0.25) is 0 Å². The van der Waals surface area contributed by atoms with Crippen LogP contribution < -0.4 is 10.6 Å². The average Bonchev–Trinajstić information content (AvgIpc) is 2.82. The second-order valence-corrected chi connectivity index (χ2v) is 10.5. The number of halogens is 3. The van der Waals surface area contributed by atoms with Gasteiger partial charge in [-0.15, -0.1) is 0 Å². The summed E-state index contributed by atoms with van der Waals surface area (Å²) in [5.74, 6) is 1.50. The molecule has 3 aliphatic rings. The Morgan fingerprint density at radius 2 is 1.86 bits per heavy atom. The molecule has 0 amide bonds. The van der Waals surface area contributed by atoms with Gasteiger partial charge in [0.25, 0.3) is 0 Å². The summed E-state index contributed by atoms with van der Waals surface area (Å²) < 4.78 is 40.3. The molecule has 1 saturated carbocycles. The largest absolute Gasteiger partial charge is 0.401 e. The number of benzene rings is 1. The number of aromatic nitrogens is 2. The van der Waals surface area contributed by atoms with Gasteiger partial charge in [-0.3, -0.25) is 4.90 Å². The van der Waals surface area contributed by atoms with Crippen LogP contribution in [0.25, 0.3) is 0 Å². The molecule has 0 radical (unpaired) electrons. The summed E-state index contributed by atoms with van der Waals surface area (Å²) in [4.78, 5) is 12.8. The van der Waals surface area contributed by atoms with Crippen molar-refractivity contribution in [1.29, 1.82) is 5.41 Å². The van der Waals surface area contributed by atoms with E-state index in [1.54, 1.807) is 24.5 Å². The quantitative estimate of drug-likeness (QED) is 0.461. The van der Waals surface area contributed by atoms with E-state index in [1.807, 2.05) is 0 Å². The number of anilines is 2. The standard InChI is InChI=1S/C26H33F3N6/c1-2-17-5-8-25(9-6-17)14-35(15-25)24-32-12-18(13-33-24)23-20-3-4-22(31)21(11-30)19(20)7-10-34(23)16-26(27,28)29/h3-4,11-13,17,23,30H,2,5-10,14-16,31H2,1H3. The molecule has 1 unspecified atom stereocenters. The van der Waals surface area contributed by atoms with Crippen LogP contribution in [-0.2, 0) is 6.42 Å². The van der Waals surface area contributed by atoms with Crippen molar-refractivity contribution in [3.8, 4) is 0 Å². The third kappa shape index (κ3) is 4.62. The minimum atomic E-state index is -4.32. The normalized spacial score (nSPS) is 22.6. The molecule has 3 N–H and O–H groups in total. The summed E-state index contributed by atoms with van der Waals surface area (Å²) >= 11 is 0. The number of nitrogen functional groups attached to an aromatic ring is 1. The predicted molar refractivity (Wildman–Crippen MR) is 131 cm³/mol. The Morgan fingerprint density at radius 1 is 1.17 bits per heavy atom. The van der Waals surface area contributed by atoms with E-state index in [0.717, 1.165) is 30.1 Å². The summed E-state index contributed by atoms with van der Waals surface area (Å²) in [5, 5.41) is 7.77. The summed E-state index contributed by atoms with van der Waals surface area (Å²) in [6.45, 7) is 3.38. The lowest BCUT2D eigenvalue weighted by Crippen LogP contribution is -2.58. The van der Waals surface area contributed by atoms with Gasteiger partial charge in [0.1, 0.15) is 0 Å². The number of alkyl halides is 3. The molecular formula is C26H33F3N6. The van der Waals surface area contributed by atoms with Crippen molar-refractivity contribution >= 4 is 17.9 Å². The number of nitrogens with two attached hydrogens (primary N) is 1. The van der Waals surface area contributed by atoms with Crippen molar-refractivity contribution in [1.82, 2.24) is 14.9 Å². The molecular weight excluding hydrogens is 453 g/mol. The van der Waals surface area contributed by atoms with Gasteiger partial charge in [0.05, 0.1) is 12.6 Å². The smallest absolute Gasteiger partial charge is 0.398 e. The van der Waals surface area contributed by atoms with Crippen LogP contribution in [0.1, 0.15) is 67.3 Å². The molecule has 35 heavy (non-hydrogen) atoms. The van der Waals surface area contributed by atoms with Crippen molar-refractivity contribution in [2.24, 2.45) is 11.3 Å². The van der Waals surface area contributed by atoms with Crippen molar-refractivity contribution in [3.63, 3.8) is 0 Å². The maximum Gasteiger partial charge on any atom is 0.401 e. The maximum absolute atomic E-state index is 13.4. The topological polar surface area (TPSA) is 82.1 Å². The van der Waals surface area contributed by atoms with Crippen LogP contribution in [0.5, 0.6) is 0 Å². The number of nitrogens with zero attached hydrogens (tertiary/aromatic N) is 4. The van der Waals surface area contributed by atoms with Crippen molar-refractivity contribution < 1.29 is 13.2 Å². The van der Waals surface area contributed by atoms with E-state index in [2.05, 4.69) is 21.8 Å². The number of fused-ring (bicyclic) bond motifs is 1. The Kier molecular flexibility index (Phi) is 6.23. The van der Waals surface area contributed by atoms with E-state index in [4.69, 9.17) is 11.1 Å². The van der Waals surface area contributed by atoms with Crippen LogP contribution in [0.15, 0.2) is 24.5 Å². The zero-order chi connectivity index (χ0) is 24.8. The number of hydrogen-bond donors (Lipinski definition) is 2. The number of nitrogens with one attached hydrogen (secondary N) is 1. The molecule has 1 aliphatic carbocycles. The molecule has 5 rings (SSSR count). The molecule has 2 aliphatic heterocycles. The molecule has 9 heteroatoms. The first-order valence-electron chi connectivity index (χ1n) is 12.5. The highest BCUT2D eigenvalue weighted by Gasteiger charge is 2.46. The Labute approximate surface area is 204 Å². The van der Waals surface area contributed by atoms with Gasteiger partial charge in [0.2, 0.25) is 5.95 Å². The lowest BCUT2D eigenvalue weighted by Gasteiger charge is -2.53. The van der Waals surface area contributed by atoms with Gasteiger partial charge >= 0.3 is 6.18 Å². The second kappa shape index (κ2) is 9.08. The molecule has 0 bridgehead atoms. The Hall–Kier alpha value is -2.68. The molecule has 188 valence electrons. The number of hydrogen-bond acceptors (Lipinski definition) is 6. The van der Waals surface area contributed by atoms with Crippen molar-refractivity contribution in [3.05, 3.63) is 46.8 Å². The first kappa shape index (κ1) is 24.0. The minimum Gasteiger partial charge on any atom is -0.398 e. The first-order valence-corrected chi connectivity index (χ1v) is 12.5. The van der Waals surface area contributed by atoms with Gasteiger partial charge in [-0.2, -0.15) is 13.2 Å². The highest BCUT2D eigenvalue weighted by molar-refractivity contribution is 5.88. The third-order valence-electron chi connectivity index (χ3n) is 8.31. The zero-order valence-corrected chi connectivity index (χ0v) is 20.1. The fourth-order valence-corrected chi connectivity index (χ4v) is 6.33. The van der Waals surface area contributed by atoms with Gasteiger partial charge in [0.15, 0.2) is 0 Å². The van der Waals surface area contributed by atoms with E-state index in [1.165, 1.54) is 43.2 Å². The van der Waals surface area contributed by atoms with Crippen LogP contribution in [0.3, 0.4) is 0 Å². The van der Waals surface area contributed by atoms with E-state index >= 15 is 0 Å². The first-order chi connectivity index (χ1) is 16.7. The summed E-state index contributed by atoms with van der Waals surface area (Å²) in [6.07, 6.45) is 6.98. The predicted octanol–water partition coefficient (Wildman–Crippen LogP) is 4.97. The summed E-state index contributed by atoms with van der Waals surface area (Å²) in [6, 6.07) is 2.82. The van der Waals surface area contributed by atoms with Crippen molar-refractivity contribution in [2.45, 2.75) is 57.7 Å². The third-order valence-corrected chi connectivity index (χ3v) is 8.31. The average molecular weight is 487 g/mol. The van der Waals surface area contributed by atoms with Gasteiger partial charge in [-0.1, -0.05) is 19.4 Å². The highest BCUT2D eigenvalue weighted by Crippen LogP contribution is 2.47. The molecule has 1 saturated heterocycles. The van der Waals surface area contributed by atoms with Crippen LogP contribution in [-0.4, -0.2) is 53.4 Å². The van der Waals surface area contributed by atoms with Crippen LogP contribution >= 0.6 is 0 Å². The van der Waals surface area contributed by atoms with E-state index in [0.29, 0.717) is 34.6 Å². The van der Waals surface area contributed by atoms with Gasteiger partial charge in [-0.05, 0) is 55.2 Å². The van der Waals surface area contributed by atoms with E-state index in [9.17, 15) is 13.2 Å². The number of rotatable bonds is 5. The molecule has 2 aromatic rings. The van der Waals surface area contributed by atoms with Gasteiger partial charge < -0.3 is 16.0 Å². The Bertz CT molecular complexity index is 1070. The Balaban J connectivity index is 1.38. The van der Waals surface area contributed by atoms with Gasteiger partial charge in [-0.25, -0.2) is 9.97 Å². The molecule has 1 spiro atoms. The minimum absolute atomic E-state index is 0.219. The fourth-order valence-electron chi connectivity index (χ4n) is 6.33. The monoisotopic (exact) mass is 486 g/mol. The molecule has 2 fully saturated rings. The molecule has 1 aromatic carbocycles.